The largest absolute Gasteiger partial charge is 0.375 e. The van der Waals surface area contributed by atoms with Crippen LogP contribution < -0.4 is 5.32 Å². The minimum atomic E-state index is 0.574. The lowest BCUT2D eigenvalue weighted by Gasteiger charge is -2.07. The molecule has 1 unspecified atom stereocenters. The fraction of sp³-hybridized carbons (Fsp3) is 0.778. The van der Waals surface area contributed by atoms with Crippen LogP contribution in [-0.4, -0.2) is 34.7 Å². The topological polar surface area (TPSA) is 52.0 Å². The Bertz CT molecular complexity index is 280. The Morgan fingerprint density at radius 3 is 3.29 bits per heavy atom. The number of ether oxygens (including phenoxy) is 1. The molecule has 0 aliphatic carbocycles. The van der Waals surface area contributed by atoms with Gasteiger partial charge in [0, 0.05) is 13.6 Å². The highest BCUT2D eigenvalue weighted by atomic mass is 16.5. The molecule has 1 atom stereocenters. The van der Waals surface area contributed by atoms with Crippen molar-refractivity contribution in [3.05, 3.63) is 11.9 Å². The maximum absolute atomic E-state index is 5.56. The minimum absolute atomic E-state index is 0.574. The highest BCUT2D eigenvalue weighted by molar-refractivity contribution is 4.88. The Kier molecular flexibility index (Phi) is 3.10. The lowest BCUT2D eigenvalue weighted by atomic mass is 10.1. The highest BCUT2D eigenvalue weighted by Crippen LogP contribution is 2.08. The van der Waals surface area contributed by atoms with Gasteiger partial charge >= 0.3 is 0 Å². The second-order valence-electron chi connectivity index (χ2n) is 3.76. The van der Waals surface area contributed by atoms with Crippen LogP contribution in [-0.2, 0) is 18.4 Å². The second-order valence-corrected chi connectivity index (χ2v) is 3.76. The number of rotatable bonds is 4. The standard InChI is InChI=1S/C9H16N4O/c1-13-5-9(11-12-13)7-14-6-8-2-3-10-4-8/h5,8,10H,2-4,6-7H2,1H3. The van der Waals surface area contributed by atoms with Gasteiger partial charge in [-0.2, -0.15) is 0 Å². The zero-order valence-corrected chi connectivity index (χ0v) is 8.44. The van der Waals surface area contributed by atoms with E-state index in [9.17, 15) is 0 Å². The van der Waals surface area contributed by atoms with Crippen LogP contribution in [0.4, 0.5) is 0 Å². The summed E-state index contributed by atoms with van der Waals surface area (Å²) in [4.78, 5) is 0. The molecule has 5 nitrogen and oxygen atoms in total. The van der Waals surface area contributed by atoms with Gasteiger partial charge in [0.15, 0.2) is 0 Å². The third-order valence-electron chi connectivity index (χ3n) is 2.42. The van der Waals surface area contributed by atoms with Gasteiger partial charge in [0.05, 0.1) is 19.4 Å². The minimum Gasteiger partial charge on any atom is -0.375 e. The summed E-state index contributed by atoms with van der Waals surface area (Å²) in [5.41, 5.74) is 0.901. The lowest BCUT2D eigenvalue weighted by molar-refractivity contribution is 0.0902. The van der Waals surface area contributed by atoms with E-state index in [1.165, 1.54) is 6.42 Å². The smallest absolute Gasteiger partial charge is 0.108 e. The molecule has 0 saturated carbocycles. The van der Waals surface area contributed by atoms with E-state index >= 15 is 0 Å². The molecular formula is C9H16N4O. The van der Waals surface area contributed by atoms with Crippen LogP contribution in [0.15, 0.2) is 6.20 Å². The molecule has 0 aromatic carbocycles. The van der Waals surface area contributed by atoms with E-state index in [1.54, 1.807) is 4.68 Å². The molecule has 0 amide bonds. The van der Waals surface area contributed by atoms with E-state index in [-0.39, 0.29) is 0 Å². The van der Waals surface area contributed by atoms with Crippen LogP contribution in [0.3, 0.4) is 0 Å². The van der Waals surface area contributed by atoms with Crippen LogP contribution in [0.25, 0.3) is 0 Å². The molecule has 1 N–H and O–H groups in total. The summed E-state index contributed by atoms with van der Waals surface area (Å²) in [5.74, 6) is 0.673. The zero-order chi connectivity index (χ0) is 9.80. The fourth-order valence-corrected chi connectivity index (χ4v) is 1.65. The number of nitrogens with one attached hydrogen (secondary N) is 1. The normalized spacial score (nSPS) is 21.6. The number of aromatic nitrogens is 3. The molecule has 2 rings (SSSR count). The van der Waals surface area contributed by atoms with E-state index in [0.717, 1.165) is 25.4 Å². The molecule has 1 aromatic rings. The van der Waals surface area contributed by atoms with Gasteiger partial charge in [-0.3, -0.25) is 4.68 Å². The van der Waals surface area contributed by atoms with Crippen LogP contribution in [0.1, 0.15) is 12.1 Å². The van der Waals surface area contributed by atoms with Crippen molar-refractivity contribution in [3.63, 3.8) is 0 Å². The third kappa shape index (κ3) is 2.52. The molecular weight excluding hydrogens is 180 g/mol. The van der Waals surface area contributed by atoms with Gasteiger partial charge in [-0.1, -0.05) is 5.21 Å². The number of hydrogen-bond donors (Lipinski definition) is 1. The van der Waals surface area contributed by atoms with E-state index in [2.05, 4.69) is 15.6 Å². The maximum Gasteiger partial charge on any atom is 0.108 e. The molecule has 2 heterocycles. The van der Waals surface area contributed by atoms with Gasteiger partial charge in [-0.15, -0.1) is 5.10 Å². The van der Waals surface area contributed by atoms with Gasteiger partial charge in [-0.05, 0) is 18.9 Å². The third-order valence-corrected chi connectivity index (χ3v) is 2.42. The molecule has 1 aliphatic rings. The predicted molar refractivity (Wildman–Crippen MR) is 51.6 cm³/mol. The SMILES string of the molecule is Cn1cc(COCC2CCNC2)nn1. The Balaban J connectivity index is 1.67. The average Bonchev–Trinajstić information content (AvgIpc) is 2.77. The lowest BCUT2D eigenvalue weighted by Crippen LogP contribution is -2.13. The van der Waals surface area contributed by atoms with E-state index in [4.69, 9.17) is 4.74 Å². The van der Waals surface area contributed by atoms with Crippen LogP contribution in [0.2, 0.25) is 0 Å². The van der Waals surface area contributed by atoms with Crippen LogP contribution >= 0.6 is 0 Å². The summed E-state index contributed by atoms with van der Waals surface area (Å²) >= 11 is 0. The second kappa shape index (κ2) is 4.52. The molecule has 0 radical (unpaired) electrons. The molecule has 0 bridgehead atoms. The summed E-state index contributed by atoms with van der Waals surface area (Å²) < 4.78 is 7.25. The maximum atomic E-state index is 5.56. The number of aryl methyl sites for hydroxylation is 1. The fourth-order valence-electron chi connectivity index (χ4n) is 1.65. The predicted octanol–water partition coefficient (Wildman–Crippen LogP) is -0.0588. The van der Waals surface area contributed by atoms with Crippen LogP contribution in [0, 0.1) is 5.92 Å². The van der Waals surface area contributed by atoms with Gasteiger partial charge in [0.2, 0.25) is 0 Å². The molecule has 1 aromatic heterocycles. The van der Waals surface area contributed by atoms with Crippen molar-refractivity contribution in [2.24, 2.45) is 13.0 Å². The number of nitrogens with zero attached hydrogens (tertiary/aromatic N) is 3. The van der Waals surface area contributed by atoms with Crippen molar-refractivity contribution in [2.45, 2.75) is 13.0 Å². The monoisotopic (exact) mass is 196 g/mol. The molecule has 78 valence electrons. The quantitative estimate of drug-likeness (QED) is 0.733. The summed E-state index contributed by atoms with van der Waals surface area (Å²) in [7, 11) is 1.86. The Hall–Kier alpha value is -0.940. The molecule has 5 heteroatoms. The van der Waals surface area contributed by atoms with Crippen molar-refractivity contribution in [3.8, 4) is 0 Å². The molecule has 0 spiro atoms. The van der Waals surface area contributed by atoms with Crippen molar-refractivity contribution < 1.29 is 4.74 Å². The average molecular weight is 196 g/mol. The van der Waals surface area contributed by atoms with Gasteiger partial charge in [0.1, 0.15) is 5.69 Å². The van der Waals surface area contributed by atoms with Crippen molar-refractivity contribution in [1.82, 2.24) is 20.3 Å². The van der Waals surface area contributed by atoms with E-state index in [1.807, 2.05) is 13.2 Å². The van der Waals surface area contributed by atoms with Gasteiger partial charge in [0.25, 0.3) is 0 Å². The number of hydrogen-bond acceptors (Lipinski definition) is 4. The molecule has 1 saturated heterocycles. The first-order valence-corrected chi connectivity index (χ1v) is 4.98. The molecule has 1 aliphatic heterocycles. The molecule has 14 heavy (non-hydrogen) atoms. The Morgan fingerprint density at radius 1 is 1.71 bits per heavy atom. The van der Waals surface area contributed by atoms with Crippen molar-refractivity contribution in [1.29, 1.82) is 0 Å². The summed E-state index contributed by atoms with van der Waals surface area (Å²) in [6, 6.07) is 0. The first-order valence-electron chi connectivity index (χ1n) is 4.98. The summed E-state index contributed by atoms with van der Waals surface area (Å²) in [6.45, 7) is 3.60. The summed E-state index contributed by atoms with van der Waals surface area (Å²) in [5, 5.41) is 11.1. The first kappa shape index (κ1) is 9.61. The van der Waals surface area contributed by atoms with Crippen LogP contribution in [0.5, 0.6) is 0 Å². The summed E-state index contributed by atoms with van der Waals surface area (Å²) in [6.07, 6.45) is 3.10. The van der Waals surface area contributed by atoms with Crippen molar-refractivity contribution in [2.75, 3.05) is 19.7 Å². The van der Waals surface area contributed by atoms with Gasteiger partial charge < -0.3 is 10.1 Å². The van der Waals surface area contributed by atoms with Crippen molar-refractivity contribution >= 4 is 0 Å². The first-order chi connectivity index (χ1) is 6.84. The Morgan fingerprint density at radius 2 is 2.64 bits per heavy atom. The van der Waals surface area contributed by atoms with E-state index in [0.29, 0.717) is 12.5 Å². The molecule has 1 fully saturated rings. The Labute approximate surface area is 83.4 Å². The highest BCUT2D eigenvalue weighted by Gasteiger charge is 2.14. The van der Waals surface area contributed by atoms with Gasteiger partial charge in [-0.25, -0.2) is 0 Å². The van der Waals surface area contributed by atoms with E-state index < -0.39 is 0 Å². The zero-order valence-electron chi connectivity index (χ0n) is 8.44.